The number of aromatic nitrogens is 2. The van der Waals surface area contributed by atoms with Crippen LogP contribution in [-0.2, 0) is 5.88 Å². The van der Waals surface area contributed by atoms with Crippen molar-refractivity contribution < 1.29 is 0 Å². The van der Waals surface area contributed by atoms with E-state index in [0.717, 1.165) is 22.6 Å². The lowest BCUT2D eigenvalue weighted by molar-refractivity contribution is 1.09. The summed E-state index contributed by atoms with van der Waals surface area (Å²) in [5, 5.41) is 3.07. The molecule has 0 saturated carbocycles. The SMILES string of the molecule is ClCc1c(-c2ccc3ccccc3c2)nc2ccc(Cl)cn12. The van der Waals surface area contributed by atoms with Gasteiger partial charge >= 0.3 is 0 Å². The molecule has 0 aliphatic heterocycles. The molecule has 0 aliphatic carbocycles. The van der Waals surface area contributed by atoms with Crippen molar-refractivity contribution in [3.05, 3.63) is 71.5 Å². The molecule has 0 atom stereocenters. The smallest absolute Gasteiger partial charge is 0.137 e. The molecule has 0 radical (unpaired) electrons. The van der Waals surface area contributed by atoms with Crippen LogP contribution in [0, 0.1) is 0 Å². The van der Waals surface area contributed by atoms with Gasteiger partial charge in [0.05, 0.1) is 22.3 Å². The fourth-order valence-corrected chi connectivity index (χ4v) is 3.18. The minimum atomic E-state index is 0.379. The number of benzene rings is 2. The molecular weight excluding hydrogens is 315 g/mol. The lowest BCUT2D eigenvalue weighted by Crippen LogP contribution is -1.91. The van der Waals surface area contributed by atoms with Crippen LogP contribution < -0.4 is 0 Å². The third-order valence-corrected chi connectivity index (χ3v) is 4.31. The Labute approximate surface area is 137 Å². The Hall–Kier alpha value is -2.03. The van der Waals surface area contributed by atoms with E-state index in [2.05, 4.69) is 30.3 Å². The van der Waals surface area contributed by atoms with Gasteiger partial charge in [0.25, 0.3) is 0 Å². The molecule has 2 aromatic heterocycles. The van der Waals surface area contributed by atoms with E-state index < -0.39 is 0 Å². The van der Waals surface area contributed by atoms with E-state index in [1.54, 1.807) is 0 Å². The quantitative estimate of drug-likeness (QED) is 0.441. The number of nitrogens with zero attached hydrogens (tertiary/aromatic N) is 2. The van der Waals surface area contributed by atoms with Crippen molar-refractivity contribution in [2.45, 2.75) is 5.88 Å². The zero-order valence-corrected chi connectivity index (χ0v) is 13.1. The number of halogens is 2. The van der Waals surface area contributed by atoms with Crippen molar-refractivity contribution in [1.82, 2.24) is 9.38 Å². The summed E-state index contributed by atoms with van der Waals surface area (Å²) in [7, 11) is 0. The van der Waals surface area contributed by atoms with E-state index in [9.17, 15) is 0 Å². The van der Waals surface area contributed by atoms with Crippen molar-refractivity contribution in [3.63, 3.8) is 0 Å². The molecule has 4 aromatic rings. The summed E-state index contributed by atoms with van der Waals surface area (Å²) in [5.74, 6) is 0.379. The number of hydrogen-bond acceptors (Lipinski definition) is 1. The molecule has 0 saturated heterocycles. The van der Waals surface area contributed by atoms with Gasteiger partial charge < -0.3 is 4.40 Å². The van der Waals surface area contributed by atoms with Crippen molar-refractivity contribution >= 4 is 39.6 Å². The minimum absolute atomic E-state index is 0.379. The largest absolute Gasteiger partial charge is 0.301 e. The predicted octanol–water partition coefficient (Wildman–Crippen LogP) is 5.55. The molecule has 0 amide bonds. The third kappa shape index (κ3) is 2.16. The normalized spacial score (nSPS) is 11.4. The van der Waals surface area contributed by atoms with Crippen LogP contribution in [0.5, 0.6) is 0 Å². The second kappa shape index (κ2) is 5.31. The summed E-state index contributed by atoms with van der Waals surface area (Å²) < 4.78 is 1.96. The Bertz CT molecular complexity index is 989. The summed E-state index contributed by atoms with van der Waals surface area (Å²) in [6.45, 7) is 0. The van der Waals surface area contributed by atoms with Crippen molar-refractivity contribution in [2.24, 2.45) is 0 Å². The van der Waals surface area contributed by atoms with E-state index in [1.807, 2.05) is 34.9 Å². The van der Waals surface area contributed by atoms with Crippen LogP contribution in [-0.4, -0.2) is 9.38 Å². The molecule has 0 aliphatic rings. The van der Waals surface area contributed by atoms with Gasteiger partial charge in [-0.05, 0) is 29.0 Å². The van der Waals surface area contributed by atoms with Crippen LogP contribution in [0.15, 0.2) is 60.8 Å². The van der Waals surface area contributed by atoms with Gasteiger partial charge in [0.2, 0.25) is 0 Å². The van der Waals surface area contributed by atoms with Gasteiger partial charge in [0.15, 0.2) is 0 Å². The lowest BCUT2D eigenvalue weighted by atomic mass is 10.0. The van der Waals surface area contributed by atoms with Crippen molar-refractivity contribution in [2.75, 3.05) is 0 Å². The highest BCUT2D eigenvalue weighted by atomic mass is 35.5. The van der Waals surface area contributed by atoms with Crippen molar-refractivity contribution in [3.8, 4) is 11.3 Å². The van der Waals surface area contributed by atoms with Gasteiger partial charge in [-0.15, -0.1) is 11.6 Å². The van der Waals surface area contributed by atoms with E-state index in [1.165, 1.54) is 10.8 Å². The fraction of sp³-hybridized carbons (Fsp3) is 0.0556. The molecule has 0 spiro atoms. The van der Waals surface area contributed by atoms with Crippen LogP contribution >= 0.6 is 23.2 Å². The maximum Gasteiger partial charge on any atom is 0.137 e. The molecule has 22 heavy (non-hydrogen) atoms. The number of fused-ring (bicyclic) bond motifs is 2. The van der Waals surface area contributed by atoms with Gasteiger partial charge in [0.1, 0.15) is 5.65 Å². The van der Waals surface area contributed by atoms with Crippen LogP contribution in [0.3, 0.4) is 0 Å². The molecule has 2 aromatic carbocycles. The molecule has 2 nitrogen and oxygen atoms in total. The summed E-state index contributed by atoms with van der Waals surface area (Å²) in [6.07, 6.45) is 1.85. The van der Waals surface area contributed by atoms with E-state index in [4.69, 9.17) is 28.2 Å². The van der Waals surface area contributed by atoms with E-state index in [-0.39, 0.29) is 0 Å². The minimum Gasteiger partial charge on any atom is -0.301 e. The van der Waals surface area contributed by atoms with Gasteiger partial charge in [0, 0.05) is 11.8 Å². The highest BCUT2D eigenvalue weighted by Crippen LogP contribution is 2.29. The number of alkyl halides is 1. The molecule has 2 heterocycles. The monoisotopic (exact) mass is 326 g/mol. The fourth-order valence-electron chi connectivity index (χ4n) is 2.76. The first-order valence-corrected chi connectivity index (χ1v) is 7.89. The Morgan fingerprint density at radius 1 is 0.955 bits per heavy atom. The number of rotatable bonds is 2. The maximum atomic E-state index is 6.17. The second-order valence-electron chi connectivity index (χ2n) is 5.18. The first-order chi connectivity index (χ1) is 10.8. The van der Waals surface area contributed by atoms with Crippen molar-refractivity contribution in [1.29, 1.82) is 0 Å². The standard InChI is InChI=1S/C18H12Cl2N2/c19-10-16-18(21-17-8-7-15(20)11-22(16)17)14-6-5-12-3-1-2-4-13(12)9-14/h1-9,11H,10H2. The zero-order chi connectivity index (χ0) is 15.1. The molecule has 0 N–H and O–H groups in total. The first-order valence-electron chi connectivity index (χ1n) is 6.98. The highest BCUT2D eigenvalue weighted by molar-refractivity contribution is 6.30. The Kier molecular flexibility index (Phi) is 3.29. The first kappa shape index (κ1) is 13.6. The van der Waals surface area contributed by atoms with E-state index >= 15 is 0 Å². The van der Waals surface area contributed by atoms with Gasteiger partial charge in [-0.25, -0.2) is 4.98 Å². The van der Waals surface area contributed by atoms with E-state index in [0.29, 0.717) is 10.9 Å². The second-order valence-corrected chi connectivity index (χ2v) is 5.88. The number of hydrogen-bond donors (Lipinski definition) is 0. The van der Waals surface area contributed by atoms with Gasteiger partial charge in [-0.1, -0.05) is 48.0 Å². The predicted molar refractivity (Wildman–Crippen MR) is 92.7 cm³/mol. The molecule has 0 bridgehead atoms. The molecule has 0 unspecified atom stereocenters. The summed E-state index contributed by atoms with van der Waals surface area (Å²) in [4.78, 5) is 4.72. The Balaban J connectivity index is 1.98. The Morgan fingerprint density at radius 2 is 1.77 bits per heavy atom. The maximum absolute atomic E-state index is 6.17. The molecule has 4 heteroatoms. The van der Waals surface area contributed by atoms with Crippen LogP contribution in [0.4, 0.5) is 0 Å². The Morgan fingerprint density at radius 3 is 2.59 bits per heavy atom. The lowest BCUT2D eigenvalue weighted by Gasteiger charge is -2.04. The summed E-state index contributed by atoms with van der Waals surface area (Å²) >= 11 is 12.3. The molecule has 4 rings (SSSR count). The van der Waals surface area contributed by atoms with Crippen LogP contribution in [0.25, 0.3) is 27.7 Å². The molecule has 108 valence electrons. The molecular formula is C18H12Cl2N2. The topological polar surface area (TPSA) is 17.3 Å². The average molecular weight is 327 g/mol. The van der Waals surface area contributed by atoms with Gasteiger partial charge in [-0.3, -0.25) is 0 Å². The average Bonchev–Trinajstić information content (AvgIpc) is 2.92. The highest BCUT2D eigenvalue weighted by Gasteiger charge is 2.13. The van der Waals surface area contributed by atoms with Crippen LogP contribution in [0.2, 0.25) is 5.02 Å². The van der Waals surface area contributed by atoms with Gasteiger partial charge in [-0.2, -0.15) is 0 Å². The zero-order valence-electron chi connectivity index (χ0n) is 11.6. The summed E-state index contributed by atoms with van der Waals surface area (Å²) in [6, 6.07) is 18.4. The third-order valence-electron chi connectivity index (χ3n) is 3.83. The summed E-state index contributed by atoms with van der Waals surface area (Å²) in [5.41, 5.74) is 3.77. The number of pyridine rings is 1. The van der Waals surface area contributed by atoms with Crippen LogP contribution in [0.1, 0.15) is 5.69 Å². The molecule has 0 fully saturated rings. The number of imidazole rings is 1.